The van der Waals surface area contributed by atoms with E-state index in [1.807, 2.05) is 0 Å². The van der Waals surface area contributed by atoms with Gasteiger partial charge in [-0.15, -0.1) is 0 Å². The Labute approximate surface area is 92.5 Å². The van der Waals surface area contributed by atoms with Crippen molar-refractivity contribution in [2.45, 2.75) is 20.5 Å². The van der Waals surface area contributed by atoms with E-state index in [0.29, 0.717) is 11.1 Å². The largest absolute Gasteiger partial charge is 0.494 e. The Bertz CT molecular complexity index is 512. The number of rotatable bonds is 2. The van der Waals surface area contributed by atoms with Crippen LogP contribution in [0.5, 0.6) is 5.88 Å². The lowest BCUT2D eigenvalue weighted by atomic mass is 10.1. The second kappa shape index (κ2) is 4.35. The number of nitrogens with zero attached hydrogens (tertiary/aromatic N) is 3. The molecule has 0 bridgehead atoms. The van der Waals surface area contributed by atoms with Crippen LogP contribution >= 0.6 is 0 Å². The minimum atomic E-state index is -0.607. The molecule has 1 aromatic rings. The number of pyridine rings is 1. The van der Waals surface area contributed by atoms with E-state index in [1.54, 1.807) is 19.9 Å². The van der Waals surface area contributed by atoms with Crippen molar-refractivity contribution in [2.24, 2.45) is 0 Å². The van der Waals surface area contributed by atoms with Crippen LogP contribution in [0.4, 0.5) is 0 Å². The van der Waals surface area contributed by atoms with E-state index in [9.17, 15) is 9.90 Å². The summed E-state index contributed by atoms with van der Waals surface area (Å²) in [6.07, 6.45) is 0. The fourth-order valence-electron chi connectivity index (χ4n) is 1.42. The number of hydrogen-bond acceptors (Lipinski definition) is 5. The number of nitriles is 1. The molecule has 0 aliphatic carbocycles. The number of aromatic hydroxyl groups is 1. The first kappa shape index (κ1) is 12.2. The van der Waals surface area contributed by atoms with Crippen LogP contribution in [0, 0.1) is 25.2 Å². The van der Waals surface area contributed by atoms with Crippen LogP contribution in [0.1, 0.15) is 16.7 Å². The molecule has 0 saturated heterocycles. The second-order valence-electron chi connectivity index (χ2n) is 3.59. The average molecular weight is 223 g/mol. The van der Waals surface area contributed by atoms with Gasteiger partial charge in [-0.05, 0) is 19.4 Å². The van der Waals surface area contributed by atoms with Crippen LogP contribution in [-0.2, 0) is 6.67 Å². The molecule has 0 unspecified atom stereocenters. The summed E-state index contributed by atoms with van der Waals surface area (Å²) >= 11 is 0. The predicted octanol–water partition coefficient (Wildman–Crippen LogP) is 0.321. The van der Waals surface area contributed by atoms with E-state index in [2.05, 4.69) is 0 Å². The summed E-state index contributed by atoms with van der Waals surface area (Å²) in [5.74, 6) is -0.234. The number of hydrogen-bond donors (Lipinski definition) is 2. The molecule has 0 aromatic carbocycles. The zero-order valence-corrected chi connectivity index (χ0v) is 9.35. The van der Waals surface area contributed by atoms with Gasteiger partial charge in [0.15, 0.2) is 5.88 Å². The molecule has 0 atom stereocenters. The second-order valence-corrected chi connectivity index (χ2v) is 3.59. The van der Waals surface area contributed by atoms with Crippen molar-refractivity contribution in [3.05, 3.63) is 27.0 Å². The topological polar surface area (TPSA) is 89.5 Å². The normalized spacial score (nSPS) is 10.5. The van der Waals surface area contributed by atoms with Gasteiger partial charge in [0.1, 0.15) is 18.3 Å². The smallest absolute Gasteiger partial charge is 0.272 e. The summed E-state index contributed by atoms with van der Waals surface area (Å²) in [7, 11) is 1.34. The van der Waals surface area contributed by atoms with Crippen molar-refractivity contribution >= 4 is 0 Å². The zero-order chi connectivity index (χ0) is 12.5. The van der Waals surface area contributed by atoms with Gasteiger partial charge in [-0.3, -0.25) is 9.36 Å². The number of hydroxylamine groups is 2. The maximum Gasteiger partial charge on any atom is 0.272 e. The van der Waals surface area contributed by atoms with Crippen LogP contribution < -0.4 is 5.56 Å². The minimum Gasteiger partial charge on any atom is -0.494 e. The van der Waals surface area contributed by atoms with Crippen LogP contribution in [0.25, 0.3) is 0 Å². The maximum absolute atomic E-state index is 11.8. The van der Waals surface area contributed by atoms with Crippen molar-refractivity contribution in [2.75, 3.05) is 7.05 Å². The Hall–Kier alpha value is -1.84. The van der Waals surface area contributed by atoms with Crippen LogP contribution in [0.2, 0.25) is 0 Å². The van der Waals surface area contributed by atoms with E-state index in [4.69, 9.17) is 10.5 Å². The quantitative estimate of drug-likeness (QED) is 0.705. The first-order valence-corrected chi connectivity index (χ1v) is 4.63. The first-order valence-electron chi connectivity index (χ1n) is 4.63. The molecule has 0 saturated carbocycles. The molecule has 0 amide bonds. The zero-order valence-electron chi connectivity index (χ0n) is 9.35. The molecule has 0 aliphatic heterocycles. The SMILES string of the molecule is Cc1c(C)c(O)n(CN(C)O)c(=O)c1C#N. The molecule has 0 aliphatic rings. The van der Waals surface area contributed by atoms with Gasteiger partial charge < -0.3 is 10.3 Å². The van der Waals surface area contributed by atoms with Gasteiger partial charge in [-0.2, -0.15) is 10.3 Å². The molecule has 1 rings (SSSR count). The van der Waals surface area contributed by atoms with Crippen molar-refractivity contribution in [3.63, 3.8) is 0 Å². The molecule has 1 aromatic heterocycles. The highest BCUT2D eigenvalue weighted by molar-refractivity contribution is 5.44. The fourth-order valence-corrected chi connectivity index (χ4v) is 1.42. The average Bonchev–Trinajstić information content (AvgIpc) is 2.22. The first-order chi connectivity index (χ1) is 7.40. The third-order valence-electron chi connectivity index (χ3n) is 2.45. The monoisotopic (exact) mass is 223 g/mol. The van der Waals surface area contributed by atoms with Gasteiger partial charge in [-0.25, -0.2) is 0 Å². The summed E-state index contributed by atoms with van der Waals surface area (Å²) in [6.45, 7) is 3.02. The summed E-state index contributed by atoms with van der Waals surface area (Å²) in [5, 5.41) is 28.4. The Balaban J connectivity index is 3.58. The highest BCUT2D eigenvalue weighted by Gasteiger charge is 2.16. The van der Waals surface area contributed by atoms with Crippen LogP contribution in [-0.4, -0.2) is 27.0 Å². The summed E-state index contributed by atoms with van der Waals surface area (Å²) < 4.78 is 0.945. The van der Waals surface area contributed by atoms with Crippen LogP contribution in [0.15, 0.2) is 4.79 Å². The molecule has 2 N–H and O–H groups in total. The van der Waals surface area contributed by atoms with Crippen molar-refractivity contribution in [1.29, 1.82) is 5.26 Å². The van der Waals surface area contributed by atoms with E-state index < -0.39 is 5.56 Å². The third-order valence-corrected chi connectivity index (χ3v) is 2.45. The Morgan fingerprint density at radius 1 is 1.44 bits per heavy atom. The Kier molecular flexibility index (Phi) is 3.32. The molecule has 16 heavy (non-hydrogen) atoms. The van der Waals surface area contributed by atoms with Gasteiger partial charge >= 0.3 is 0 Å². The molecule has 6 heteroatoms. The van der Waals surface area contributed by atoms with Gasteiger partial charge in [0.25, 0.3) is 5.56 Å². The van der Waals surface area contributed by atoms with E-state index >= 15 is 0 Å². The van der Waals surface area contributed by atoms with E-state index in [1.165, 1.54) is 7.05 Å². The fraction of sp³-hybridized carbons (Fsp3) is 0.400. The van der Waals surface area contributed by atoms with E-state index in [-0.39, 0.29) is 18.1 Å². The minimum absolute atomic E-state index is 0.0165. The molecule has 0 radical (unpaired) electrons. The lowest BCUT2D eigenvalue weighted by molar-refractivity contribution is -0.0935. The van der Waals surface area contributed by atoms with Gasteiger partial charge in [0.05, 0.1) is 0 Å². The Morgan fingerprint density at radius 3 is 2.44 bits per heavy atom. The Morgan fingerprint density at radius 2 is 2.00 bits per heavy atom. The molecular weight excluding hydrogens is 210 g/mol. The predicted molar refractivity (Wildman–Crippen MR) is 56.1 cm³/mol. The molecule has 6 nitrogen and oxygen atoms in total. The summed E-state index contributed by atoms with van der Waals surface area (Å²) in [4.78, 5) is 11.8. The molecule has 86 valence electrons. The number of aromatic nitrogens is 1. The third kappa shape index (κ3) is 1.91. The molecular formula is C10H13N3O3. The van der Waals surface area contributed by atoms with Crippen LogP contribution in [0.3, 0.4) is 0 Å². The standard InChI is InChI=1S/C10H13N3O3/c1-6-7(2)9(14)13(5-12(3)16)10(15)8(6)4-11/h14,16H,5H2,1-3H3. The molecule has 0 fully saturated rings. The summed E-state index contributed by atoms with van der Waals surface area (Å²) in [5.41, 5.74) is 0.293. The maximum atomic E-state index is 11.8. The highest BCUT2D eigenvalue weighted by atomic mass is 16.5. The van der Waals surface area contributed by atoms with Gasteiger partial charge in [0.2, 0.25) is 0 Å². The van der Waals surface area contributed by atoms with Crippen molar-refractivity contribution in [3.8, 4) is 11.9 Å². The molecule has 0 spiro atoms. The lowest BCUT2D eigenvalue weighted by Crippen LogP contribution is -2.30. The van der Waals surface area contributed by atoms with Gasteiger partial charge in [-0.1, -0.05) is 0 Å². The van der Waals surface area contributed by atoms with Crippen molar-refractivity contribution < 1.29 is 10.3 Å². The lowest BCUT2D eigenvalue weighted by Gasteiger charge is -2.16. The van der Waals surface area contributed by atoms with Gasteiger partial charge in [0, 0.05) is 12.6 Å². The highest BCUT2D eigenvalue weighted by Crippen LogP contribution is 2.19. The van der Waals surface area contributed by atoms with Crippen molar-refractivity contribution in [1.82, 2.24) is 9.63 Å². The molecule has 1 heterocycles. The summed E-state index contributed by atoms with van der Waals surface area (Å²) in [6, 6.07) is 1.80. The van der Waals surface area contributed by atoms with E-state index in [0.717, 1.165) is 9.63 Å².